The number of furan rings is 1. The lowest BCUT2D eigenvalue weighted by Crippen LogP contribution is -2.28. The van der Waals surface area contributed by atoms with Crippen LogP contribution < -0.4 is 5.32 Å². The van der Waals surface area contributed by atoms with Crippen molar-refractivity contribution in [2.75, 3.05) is 6.54 Å². The Kier molecular flexibility index (Phi) is 2.87. The number of amidine groups is 1. The van der Waals surface area contributed by atoms with E-state index in [-0.39, 0.29) is 6.04 Å². The largest absolute Gasteiger partial charge is 0.467 e. The zero-order chi connectivity index (χ0) is 9.80. The molecule has 2 rings (SSSR count). The van der Waals surface area contributed by atoms with Crippen molar-refractivity contribution in [3.05, 3.63) is 24.2 Å². The lowest BCUT2D eigenvalue weighted by atomic mass is 10.1. The Hall–Kier alpha value is -1.25. The second-order valence-corrected chi connectivity index (χ2v) is 3.67. The summed E-state index contributed by atoms with van der Waals surface area (Å²) in [6, 6.07) is 4.12. The van der Waals surface area contributed by atoms with Gasteiger partial charge in [-0.2, -0.15) is 0 Å². The Morgan fingerprint density at radius 2 is 2.43 bits per heavy atom. The van der Waals surface area contributed by atoms with Crippen LogP contribution in [0.1, 0.15) is 38.0 Å². The summed E-state index contributed by atoms with van der Waals surface area (Å²) in [4.78, 5) is 4.44. The van der Waals surface area contributed by atoms with Gasteiger partial charge in [-0.1, -0.05) is 0 Å². The third kappa shape index (κ3) is 2.16. The molecule has 0 amide bonds. The molecule has 1 aromatic heterocycles. The molecule has 3 nitrogen and oxygen atoms in total. The van der Waals surface area contributed by atoms with Crippen LogP contribution in [0.2, 0.25) is 0 Å². The van der Waals surface area contributed by atoms with Crippen molar-refractivity contribution in [2.24, 2.45) is 4.99 Å². The van der Waals surface area contributed by atoms with Gasteiger partial charge in [-0.25, -0.2) is 0 Å². The van der Waals surface area contributed by atoms with E-state index in [2.05, 4.69) is 17.2 Å². The molecule has 0 fully saturated rings. The van der Waals surface area contributed by atoms with Gasteiger partial charge in [0.2, 0.25) is 0 Å². The first-order chi connectivity index (χ1) is 6.86. The molecule has 1 N–H and O–H groups in total. The van der Waals surface area contributed by atoms with Gasteiger partial charge in [-0.15, -0.1) is 0 Å². The van der Waals surface area contributed by atoms with Crippen molar-refractivity contribution in [2.45, 2.75) is 32.2 Å². The minimum atomic E-state index is 0.224. The van der Waals surface area contributed by atoms with Crippen LogP contribution in [0, 0.1) is 0 Å². The second kappa shape index (κ2) is 4.31. The van der Waals surface area contributed by atoms with Gasteiger partial charge in [0.15, 0.2) is 0 Å². The Labute approximate surface area is 84.2 Å². The highest BCUT2D eigenvalue weighted by Gasteiger charge is 2.11. The summed E-state index contributed by atoms with van der Waals surface area (Å²) in [6.45, 7) is 3.06. The highest BCUT2D eigenvalue weighted by molar-refractivity contribution is 5.82. The van der Waals surface area contributed by atoms with E-state index in [4.69, 9.17) is 4.42 Å². The third-order valence-corrected chi connectivity index (χ3v) is 2.48. The monoisotopic (exact) mass is 192 g/mol. The van der Waals surface area contributed by atoms with Crippen LogP contribution in [-0.4, -0.2) is 12.4 Å². The van der Waals surface area contributed by atoms with E-state index in [1.54, 1.807) is 6.26 Å². The topological polar surface area (TPSA) is 37.5 Å². The molecule has 2 heterocycles. The van der Waals surface area contributed by atoms with Gasteiger partial charge in [0.1, 0.15) is 5.76 Å². The minimum Gasteiger partial charge on any atom is -0.467 e. The average molecular weight is 192 g/mol. The van der Waals surface area contributed by atoms with E-state index in [9.17, 15) is 0 Å². The lowest BCUT2D eigenvalue weighted by Gasteiger charge is -2.17. The fourth-order valence-corrected chi connectivity index (χ4v) is 1.67. The van der Waals surface area contributed by atoms with E-state index in [1.807, 2.05) is 12.1 Å². The SMILES string of the molecule is C[C@H](NC1=NCCCC1)c1ccco1. The molecule has 0 saturated carbocycles. The van der Waals surface area contributed by atoms with E-state index < -0.39 is 0 Å². The van der Waals surface area contributed by atoms with Crippen molar-refractivity contribution in [3.63, 3.8) is 0 Å². The maximum Gasteiger partial charge on any atom is 0.125 e. The summed E-state index contributed by atoms with van der Waals surface area (Å²) in [5.41, 5.74) is 0. The molecule has 3 heteroatoms. The summed E-state index contributed by atoms with van der Waals surface area (Å²) < 4.78 is 5.32. The Bertz CT molecular complexity index is 303. The van der Waals surface area contributed by atoms with Crippen LogP contribution in [0.4, 0.5) is 0 Å². The van der Waals surface area contributed by atoms with Crippen LogP contribution in [-0.2, 0) is 0 Å². The molecule has 76 valence electrons. The highest BCUT2D eigenvalue weighted by Crippen LogP contribution is 2.14. The van der Waals surface area contributed by atoms with Gasteiger partial charge in [0.25, 0.3) is 0 Å². The Morgan fingerprint density at radius 1 is 1.50 bits per heavy atom. The summed E-state index contributed by atoms with van der Waals surface area (Å²) in [5.74, 6) is 2.10. The van der Waals surface area contributed by atoms with Gasteiger partial charge < -0.3 is 9.73 Å². The fraction of sp³-hybridized carbons (Fsp3) is 0.545. The number of hydrogen-bond donors (Lipinski definition) is 1. The first-order valence-corrected chi connectivity index (χ1v) is 5.19. The average Bonchev–Trinajstić information content (AvgIpc) is 2.72. The molecule has 0 spiro atoms. The van der Waals surface area contributed by atoms with Crippen LogP contribution in [0.3, 0.4) is 0 Å². The molecule has 0 radical (unpaired) electrons. The zero-order valence-corrected chi connectivity index (χ0v) is 8.49. The number of aliphatic imine (C=N–C) groups is 1. The predicted molar refractivity (Wildman–Crippen MR) is 56.4 cm³/mol. The van der Waals surface area contributed by atoms with Crippen molar-refractivity contribution in [1.82, 2.24) is 5.32 Å². The molecule has 1 atom stereocenters. The summed E-state index contributed by atoms with van der Waals surface area (Å²) in [5, 5.41) is 3.38. The van der Waals surface area contributed by atoms with E-state index in [1.165, 1.54) is 12.8 Å². The molecule has 0 aliphatic carbocycles. The first kappa shape index (κ1) is 9.31. The highest BCUT2D eigenvalue weighted by atomic mass is 16.3. The molecule has 0 aromatic carbocycles. The van der Waals surface area contributed by atoms with E-state index in [0.29, 0.717) is 0 Å². The number of hydrogen-bond acceptors (Lipinski definition) is 3. The maximum absolute atomic E-state index is 5.32. The minimum absolute atomic E-state index is 0.224. The Morgan fingerprint density at radius 3 is 3.07 bits per heavy atom. The molecular formula is C11H16N2O. The molecule has 1 aliphatic rings. The van der Waals surface area contributed by atoms with Gasteiger partial charge >= 0.3 is 0 Å². The normalized spacial score (nSPS) is 18.8. The fourth-order valence-electron chi connectivity index (χ4n) is 1.67. The Balaban J connectivity index is 1.94. The van der Waals surface area contributed by atoms with E-state index in [0.717, 1.165) is 24.6 Å². The quantitative estimate of drug-likeness (QED) is 0.781. The zero-order valence-electron chi connectivity index (χ0n) is 8.49. The standard InChI is InChI=1S/C11H16N2O/c1-9(10-5-4-8-14-10)13-11-6-2-3-7-12-11/h4-5,8-9H,2-3,6-7H2,1H3,(H,12,13)/t9-/m0/s1. The third-order valence-electron chi connectivity index (χ3n) is 2.48. The molecular weight excluding hydrogens is 176 g/mol. The van der Waals surface area contributed by atoms with Crippen molar-refractivity contribution in [1.29, 1.82) is 0 Å². The predicted octanol–water partition coefficient (Wildman–Crippen LogP) is 2.51. The number of nitrogens with one attached hydrogen (secondary N) is 1. The number of rotatable bonds is 2. The molecule has 1 aliphatic heterocycles. The van der Waals surface area contributed by atoms with E-state index >= 15 is 0 Å². The molecule has 0 unspecified atom stereocenters. The van der Waals surface area contributed by atoms with Crippen LogP contribution in [0.15, 0.2) is 27.8 Å². The maximum atomic E-state index is 5.32. The lowest BCUT2D eigenvalue weighted by molar-refractivity contribution is 0.460. The van der Waals surface area contributed by atoms with Crippen LogP contribution >= 0.6 is 0 Å². The van der Waals surface area contributed by atoms with Crippen LogP contribution in [0.5, 0.6) is 0 Å². The first-order valence-electron chi connectivity index (χ1n) is 5.19. The molecule has 0 saturated heterocycles. The molecule has 0 bridgehead atoms. The summed E-state index contributed by atoms with van der Waals surface area (Å²) >= 11 is 0. The van der Waals surface area contributed by atoms with Gasteiger partial charge in [0.05, 0.1) is 18.1 Å². The van der Waals surface area contributed by atoms with Crippen LogP contribution in [0.25, 0.3) is 0 Å². The van der Waals surface area contributed by atoms with Gasteiger partial charge in [-0.05, 0) is 31.9 Å². The smallest absolute Gasteiger partial charge is 0.125 e. The second-order valence-electron chi connectivity index (χ2n) is 3.67. The summed E-state index contributed by atoms with van der Waals surface area (Å²) in [6.07, 6.45) is 5.25. The molecule has 14 heavy (non-hydrogen) atoms. The van der Waals surface area contributed by atoms with Gasteiger partial charge in [-0.3, -0.25) is 4.99 Å². The van der Waals surface area contributed by atoms with Crippen molar-refractivity contribution >= 4 is 5.84 Å². The summed E-state index contributed by atoms with van der Waals surface area (Å²) in [7, 11) is 0. The molecule has 1 aromatic rings. The van der Waals surface area contributed by atoms with Crippen molar-refractivity contribution < 1.29 is 4.42 Å². The van der Waals surface area contributed by atoms with Crippen molar-refractivity contribution in [3.8, 4) is 0 Å². The van der Waals surface area contributed by atoms with Gasteiger partial charge in [0, 0.05) is 13.0 Å². The number of nitrogens with zero attached hydrogens (tertiary/aromatic N) is 1.